The number of aliphatic hydroxyl groups is 1. The van der Waals surface area contributed by atoms with Crippen LogP contribution in [0.25, 0.3) is 5.76 Å². The second kappa shape index (κ2) is 8.47. The fourth-order valence-corrected chi connectivity index (χ4v) is 5.12. The lowest BCUT2D eigenvalue weighted by atomic mass is 9.84. The number of ketones is 1. The van der Waals surface area contributed by atoms with Gasteiger partial charge in [-0.1, -0.05) is 56.6 Å². The summed E-state index contributed by atoms with van der Waals surface area (Å²) in [5.41, 5.74) is 3.74. The summed E-state index contributed by atoms with van der Waals surface area (Å²) in [6.07, 6.45) is 0. The number of rotatable bonds is 3. The summed E-state index contributed by atoms with van der Waals surface area (Å²) in [5, 5.41) is 13.9. The van der Waals surface area contributed by atoms with E-state index in [2.05, 4.69) is 20.8 Å². The van der Waals surface area contributed by atoms with Crippen LogP contribution in [-0.4, -0.2) is 16.8 Å². The Morgan fingerprint density at radius 1 is 1.03 bits per heavy atom. The summed E-state index contributed by atoms with van der Waals surface area (Å²) in [7, 11) is 0. The molecule has 0 radical (unpaired) electrons. The van der Waals surface area contributed by atoms with E-state index >= 15 is 0 Å². The molecule has 170 valence electrons. The maximum atomic E-state index is 13.4. The predicted molar refractivity (Wildman–Crippen MR) is 135 cm³/mol. The highest BCUT2D eigenvalue weighted by Crippen LogP contribution is 2.45. The Kier molecular flexibility index (Phi) is 5.97. The molecule has 0 spiro atoms. The van der Waals surface area contributed by atoms with Crippen LogP contribution in [-0.2, 0) is 15.0 Å². The number of amides is 1. The van der Waals surface area contributed by atoms with Crippen LogP contribution >= 0.6 is 22.9 Å². The minimum absolute atomic E-state index is 0.0935. The van der Waals surface area contributed by atoms with Gasteiger partial charge in [0.25, 0.3) is 11.7 Å². The lowest BCUT2D eigenvalue weighted by Crippen LogP contribution is -2.29. The monoisotopic (exact) mass is 479 g/mol. The first-order chi connectivity index (χ1) is 15.5. The molecule has 1 aromatic heterocycles. The second-order valence-corrected chi connectivity index (χ2v) is 10.8. The Bertz CT molecular complexity index is 1290. The van der Waals surface area contributed by atoms with Crippen LogP contribution in [0.2, 0.25) is 5.02 Å². The zero-order valence-corrected chi connectivity index (χ0v) is 20.8. The van der Waals surface area contributed by atoms with Crippen LogP contribution in [0.15, 0.2) is 59.5 Å². The molecule has 4 nitrogen and oxygen atoms in total. The molecule has 0 aliphatic carbocycles. The molecule has 33 heavy (non-hydrogen) atoms. The molecule has 6 heteroatoms. The van der Waals surface area contributed by atoms with E-state index in [1.807, 2.05) is 55.6 Å². The average molecular weight is 480 g/mol. The first kappa shape index (κ1) is 23.3. The van der Waals surface area contributed by atoms with Gasteiger partial charge < -0.3 is 5.11 Å². The van der Waals surface area contributed by atoms with Crippen molar-refractivity contribution < 1.29 is 14.7 Å². The molecule has 2 aromatic carbocycles. The summed E-state index contributed by atoms with van der Waals surface area (Å²) < 4.78 is 0. The van der Waals surface area contributed by atoms with Crippen LogP contribution in [0.5, 0.6) is 0 Å². The Morgan fingerprint density at radius 2 is 1.73 bits per heavy atom. The predicted octanol–water partition coefficient (Wildman–Crippen LogP) is 6.94. The van der Waals surface area contributed by atoms with E-state index in [9.17, 15) is 14.7 Å². The van der Waals surface area contributed by atoms with Crippen LogP contribution in [0.1, 0.15) is 53.9 Å². The molecule has 1 aliphatic heterocycles. The van der Waals surface area contributed by atoms with Gasteiger partial charge in [-0.2, -0.15) is 0 Å². The van der Waals surface area contributed by atoms with Gasteiger partial charge in [0.2, 0.25) is 0 Å². The first-order valence-electron chi connectivity index (χ1n) is 10.7. The Morgan fingerprint density at radius 3 is 2.36 bits per heavy atom. The molecule has 1 N–H and O–H groups in total. The van der Waals surface area contributed by atoms with Crippen molar-refractivity contribution in [3.63, 3.8) is 0 Å². The van der Waals surface area contributed by atoms with Crippen molar-refractivity contribution in [3.8, 4) is 0 Å². The number of aliphatic hydroxyl groups excluding tert-OH is 1. The minimum Gasteiger partial charge on any atom is -0.507 e. The summed E-state index contributed by atoms with van der Waals surface area (Å²) in [6, 6.07) is 14.1. The normalized spacial score (nSPS) is 18.2. The minimum atomic E-state index is -0.736. The number of thiophene rings is 1. The summed E-state index contributed by atoms with van der Waals surface area (Å²) in [5.74, 6) is -1.53. The SMILES string of the molecule is Cc1ccc(C(C)(C)C)cc1/C(O)=C1\C(=O)C(=O)N(c2cc(Cl)ccc2C)C1c1cccs1. The molecule has 1 amide bonds. The quantitative estimate of drug-likeness (QED) is 0.251. The standard InChI is InChI=1S/C27H26ClNO3S/c1-15-8-10-17(27(3,4)5)13-19(15)24(30)22-23(21-7-6-12-33-21)29(26(32)25(22)31)20-14-18(28)11-9-16(20)2/h6-14,23,30H,1-5H3/b24-22+. The lowest BCUT2D eigenvalue weighted by Gasteiger charge is -2.26. The summed E-state index contributed by atoms with van der Waals surface area (Å²) >= 11 is 7.68. The number of anilines is 1. The van der Waals surface area contributed by atoms with Gasteiger partial charge in [0, 0.05) is 21.2 Å². The van der Waals surface area contributed by atoms with Crippen LogP contribution < -0.4 is 4.90 Å². The average Bonchev–Trinajstić information content (AvgIpc) is 3.36. The zero-order chi connectivity index (χ0) is 24.1. The molecule has 1 fully saturated rings. The second-order valence-electron chi connectivity index (χ2n) is 9.40. The fourth-order valence-electron chi connectivity index (χ4n) is 4.13. The molecule has 1 unspecified atom stereocenters. The van der Waals surface area contributed by atoms with Gasteiger partial charge in [-0.3, -0.25) is 14.5 Å². The third-order valence-corrected chi connectivity index (χ3v) is 7.21. The highest BCUT2D eigenvalue weighted by molar-refractivity contribution is 7.10. The number of halogens is 1. The zero-order valence-electron chi connectivity index (χ0n) is 19.3. The Balaban J connectivity index is 1.98. The van der Waals surface area contributed by atoms with E-state index in [1.165, 1.54) is 16.2 Å². The van der Waals surface area contributed by atoms with Crippen molar-refractivity contribution in [2.75, 3.05) is 4.90 Å². The topological polar surface area (TPSA) is 57.6 Å². The van der Waals surface area contributed by atoms with Gasteiger partial charge in [-0.15, -0.1) is 11.3 Å². The van der Waals surface area contributed by atoms with E-state index in [0.29, 0.717) is 16.3 Å². The van der Waals surface area contributed by atoms with E-state index in [1.54, 1.807) is 12.1 Å². The molecule has 1 saturated heterocycles. The van der Waals surface area contributed by atoms with E-state index < -0.39 is 17.7 Å². The van der Waals surface area contributed by atoms with E-state index in [4.69, 9.17) is 11.6 Å². The smallest absolute Gasteiger partial charge is 0.300 e. The maximum absolute atomic E-state index is 13.4. The van der Waals surface area contributed by atoms with Gasteiger partial charge in [-0.05, 0) is 65.6 Å². The van der Waals surface area contributed by atoms with Crippen LogP contribution in [0.4, 0.5) is 5.69 Å². The number of hydrogen-bond acceptors (Lipinski definition) is 4. The molecule has 0 bridgehead atoms. The number of Topliss-reactive ketones (excluding diaryl/α,β-unsaturated/α-hetero) is 1. The maximum Gasteiger partial charge on any atom is 0.300 e. The highest BCUT2D eigenvalue weighted by atomic mass is 35.5. The number of aryl methyl sites for hydroxylation is 2. The number of benzene rings is 2. The van der Waals surface area contributed by atoms with Gasteiger partial charge in [0.15, 0.2) is 0 Å². The third kappa shape index (κ3) is 4.11. The van der Waals surface area contributed by atoms with Crippen molar-refractivity contribution in [3.05, 3.63) is 91.6 Å². The van der Waals surface area contributed by atoms with E-state index in [0.717, 1.165) is 21.6 Å². The molecule has 4 rings (SSSR count). The molecule has 3 aromatic rings. The number of carbonyl (C=O) groups is 2. The number of nitrogens with zero attached hydrogens (tertiary/aromatic N) is 1. The Labute approximate surface area is 203 Å². The van der Waals surface area contributed by atoms with Gasteiger partial charge in [0.05, 0.1) is 5.57 Å². The summed E-state index contributed by atoms with van der Waals surface area (Å²) in [6.45, 7) is 10.0. The summed E-state index contributed by atoms with van der Waals surface area (Å²) in [4.78, 5) is 28.9. The number of hydrogen-bond donors (Lipinski definition) is 1. The van der Waals surface area contributed by atoms with Crippen LogP contribution in [0.3, 0.4) is 0 Å². The number of carbonyl (C=O) groups excluding carboxylic acids is 2. The van der Waals surface area contributed by atoms with Gasteiger partial charge in [0.1, 0.15) is 11.8 Å². The molecular formula is C27H26ClNO3S. The molecule has 2 heterocycles. The molecular weight excluding hydrogens is 454 g/mol. The van der Waals surface area contributed by atoms with Crippen molar-refractivity contribution in [2.24, 2.45) is 0 Å². The van der Waals surface area contributed by atoms with Gasteiger partial charge >= 0.3 is 0 Å². The van der Waals surface area contributed by atoms with Gasteiger partial charge in [-0.25, -0.2) is 0 Å². The van der Waals surface area contributed by atoms with Crippen molar-refractivity contribution >= 4 is 46.1 Å². The van der Waals surface area contributed by atoms with E-state index in [-0.39, 0.29) is 16.7 Å². The third-order valence-electron chi connectivity index (χ3n) is 6.05. The molecule has 1 aliphatic rings. The highest BCUT2D eigenvalue weighted by Gasteiger charge is 2.48. The van der Waals surface area contributed by atoms with Crippen LogP contribution in [0, 0.1) is 13.8 Å². The largest absolute Gasteiger partial charge is 0.507 e. The van der Waals surface area contributed by atoms with Crippen molar-refractivity contribution in [2.45, 2.75) is 46.1 Å². The Hall–Kier alpha value is -2.89. The fraction of sp³-hybridized carbons (Fsp3) is 0.259. The van der Waals surface area contributed by atoms with Crippen molar-refractivity contribution in [1.82, 2.24) is 0 Å². The molecule has 0 saturated carbocycles. The first-order valence-corrected chi connectivity index (χ1v) is 12.0. The molecule has 1 atom stereocenters. The van der Waals surface area contributed by atoms with Crippen molar-refractivity contribution in [1.29, 1.82) is 0 Å². The lowest BCUT2D eigenvalue weighted by molar-refractivity contribution is -0.132.